The summed E-state index contributed by atoms with van der Waals surface area (Å²) in [7, 11) is 0. The molecule has 1 aromatic carbocycles. The van der Waals surface area contributed by atoms with Crippen LogP contribution >= 0.6 is 0 Å². The van der Waals surface area contributed by atoms with Gasteiger partial charge in [0.15, 0.2) is 5.82 Å². The van der Waals surface area contributed by atoms with Crippen LogP contribution in [0.4, 0.5) is 20.2 Å². The first kappa shape index (κ1) is 11.1. The van der Waals surface area contributed by atoms with E-state index in [4.69, 9.17) is 10.5 Å². The highest BCUT2D eigenvalue weighted by atomic mass is 19.1. The molecule has 0 amide bonds. The molecular weight excluding hydrogens is 214 g/mol. The number of hydrogen-bond donors (Lipinski definition) is 2. The summed E-state index contributed by atoms with van der Waals surface area (Å²) in [6.45, 7) is 2.56. The molecule has 5 heteroatoms. The number of nitrogens with two attached hydrogens (primary N) is 1. The molecule has 0 aliphatic carbocycles. The Morgan fingerprint density at radius 3 is 2.81 bits per heavy atom. The molecule has 88 valence electrons. The van der Waals surface area contributed by atoms with Crippen molar-refractivity contribution in [2.75, 3.05) is 17.7 Å². The van der Waals surface area contributed by atoms with Crippen molar-refractivity contribution in [2.45, 2.75) is 25.5 Å². The molecule has 16 heavy (non-hydrogen) atoms. The van der Waals surface area contributed by atoms with Gasteiger partial charge in [-0.15, -0.1) is 0 Å². The van der Waals surface area contributed by atoms with Crippen molar-refractivity contribution in [3.05, 3.63) is 23.8 Å². The Bertz CT molecular complexity index is 398. The standard InChI is InChI=1S/C11H14F2N2O/c1-6-9(2-3-16-6)15-10-5-7(12)4-8(13)11(10)14/h4-6,9,15H,2-3,14H2,1H3. The first-order valence-corrected chi connectivity index (χ1v) is 5.20. The molecule has 2 atom stereocenters. The molecule has 1 fully saturated rings. The smallest absolute Gasteiger partial charge is 0.151 e. The van der Waals surface area contributed by atoms with E-state index in [1.165, 1.54) is 6.07 Å². The van der Waals surface area contributed by atoms with E-state index in [1.54, 1.807) is 0 Å². The van der Waals surface area contributed by atoms with E-state index in [9.17, 15) is 8.78 Å². The Kier molecular flexibility index (Phi) is 2.96. The molecule has 1 saturated heterocycles. The molecule has 0 spiro atoms. The average molecular weight is 228 g/mol. The van der Waals surface area contributed by atoms with Gasteiger partial charge in [-0.2, -0.15) is 0 Å². The van der Waals surface area contributed by atoms with Crippen molar-refractivity contribution in [1.82, 2.24) is 0 Å². The van der Waals surface area contributed by atoms with Crippen LogP contribution in [0.3, 0.4) is 0 Å². The van der Waals surface area contributed by atoms with Crippen LogP contribution in [0.25, 0.3) is 0 Å². The van der Waals surface area contributed by atoms with Crippen molar-refractivity contribution >= 4 is 11.4 Å². The summed E-state index contributed by atoms with van der Waals surface area (Å²) >= 11 is 0. The van der Waals surface area contributed by atoms with Gasteiger partial charge in [-0.1, -0.05) is 0 Å². The Balaban J connectivity index is 2.20. The van der Waals surface area contributed by atoms with Crippen molar-refractivity contribution in [3.63, 3.8) is 0 Å². The van der Waals surface area contributed by atoms with Gasteiger partial charge in [-0.3, -0.25) is 0 Å². The van der Waals surface area contributed by atoms with Gasteiger partial charge in [0.2, 0.25) is 0 Å². The monoisotopic (exact) mass is 228 g/mol. The second kappa shape index (κ2) is 4.25. The summed E-state index contributed by atoms with van der Waals surface area (Å²) in [6.07, 6.45) is 0.823. The van der Waals surface area contributed by atoms with Crippen LogP contribution in [0.1, 0.15) is 13.3 Å². The number of hydrogen-bond acceptors (Lipinski definition) is 3. The molecule has 0 bridgehead atoms. The van der Waals surface area contributed by atoms with Gasteiger partial charge >= 0.3 is 0 Å². The molecule has 2 unspecified atom stereocenters. The lowest BCUT2D eigenvalue weighted by molar-refractivity contribution is 0.121. The van der Waals surface area contributed by atoms with Crippen molar-refractivity contribution in [1.29, 1.82) is 0 Å². The first-order chi connectivity index (χ1) is 7.58. The van der Waals surface area contributed by atoms with E-state index >= 15 is 0 Å². The van der Waals surface area contributed by atoms with Gasteiger partial charge in [0, 0.05) is 12.7 Å². The summed E-state index contributed by atoms with van der Waals surface area (Å²) in [6, 6.07) is 2.02. The molecule has 1 heterocycles. The summed E-state index contributed by atoms with van der Waals surface area (Å²) < 4.78 is 31.5. The van der Waals surface area contributed by atoms with Crippen molar-refractivity contribution < 1.29 is 13.5 Å². The van der Waals surface area contributed by atoms with Crippen LogP contribution in [0.2, 0.25) is 0 Å². The fraction of sp³-hybridized carbons (Fsp3) is 0.455. The fourth-order valence-electron chi connectivity index (χ4n) is 1.83. The molecule has 3 nitrogen and oxygen atoms in total. The van der Waals surface area contributed by atoms with Gasteiger partial charge in [0.05, 0.1) is 23.5 Å². The average Bonchev–Trinajstić information content (AvgIpc) is 2.60. The lowest BCUT2D eigenvalue weighted by atomic mass is 10.1. The molecule has 0 radical (unpaired) electrons. The van der Waals surface area contributed by atoms with E-state index in [0.29, 0.717) is 12.3 Å². The zero-order valence-corrected chi connectivity index (χ0v) is 8.97. The third-order valence-corrected chi connectivity index (χ3v) is 2.81. The predicted octanol–water partition coefficient (Wildman–Crippen LogP) is 2.14. The largest absolute Gasteiger partial charge is 0.395 e. The number of nitrogen functional groups attached to an aromatic ring is 1. The molecule has 1 aliphatic rings. The normalized spacial score (nSPS) is 24.7. The lowest BCUT2D eigenvalue weighted by Gasteiger charge is -2.18. The highest BCUT2D eigenvalue weighted by Crippen LogP contribution is 2.26. The number of rotatable bonds is 2. The van der Waals surface area contributed by atoms with Crippen LogP contribution in [0.15, 0.2) is 12.1 Å². The van der Waals surface area contributed by atoms with Crippen molar-refractivity contribution in [2.24, 2.45) is 0 Å². The van der Waals surface area contributed by atoms with E-state index in [1.807, 2.05) is 6.92 Å². The van der Waals surface area contributed by atoms with Gasteiger partial charge < -0.3 is 15.8 Å². The zero-order chi connectivity index (χ0) is 11.7. The van der Waals surface area contributed by atoms with Crippen LogP contribution in [0.5, 0.6) is 0 Å². The lowest BCUT2D eigenvalue weighted by Crippen LogP contribution is -2.27. The summed E-state index contributed by atoms with van der Waals surface area (Å²) in [4.78, 5) is 0. The number of anilines is 2. The summed E-state index contributed by atoms with van der Waals surface area (Å²) in [5.74, 6) is -1.38. The second-order valence-electron chi connectivity index (χ2n) is 3.96. The van der Waals surface area contributed by atoms with Gasteiger partial charge in [0.25, 0.3) is 0 Å². The minimum absolute atomic E-state index is 0.0192. The van der Waals surface area contributed by atoms with E-state index in [2.05, 4.69) is 5.32 Å². The molecule has 1 aromatic rings. The number of halogens is 2. The third kappa shape index (κ3) is 2.09. The maximum absolute atomic E-state index is 13.2. The third-order valence-electron chi connectivity index (χ3n) is 2.81. The number of nitrogens with one attached hydrogen (secondary N) is 1. The zero-order valence-electron chi connectivity index (χ0n) is 8.97. The molecule has 1 aliphatic heterocycles. The molecule has 2 rings (SSSR count). The van der Waals surface area contributed by atoms with Crippen LogP contribution in [0, 0.1) is 11.6 Å². The minimum Gasteiger partial charge on any atom is -0.395 e. The highest BCUT2D eigenvalue weighted by Gasteiger charge is 2.25. The fourth-order valence-corrected chi connectivity index (χ4v) is 1.83. The Morgan fingerprint density at radius 1 is 1.44 bits per heavy atom. The molecule has 3 N–H and O–H groups in total. The molecule has 0 aromatic heterocycles. The molecular formula is C11H14F2N2O. The Hall–Kier alpha value is -1.36. The SMILES string of the molecule is CC1OCCC1Nc1cc(F)cc(F)c1N. The van der Waals surface area contributed by atoms with Gasteiger partial charge in [0.1, 0.15) is 5.82 Å². The van der Waals surface area contributed by atoms with E-state index in [0.717, 1.165) is 12.5 Å². The van der Waals surface area contributed by atoms with E-state index < -0.39 is 11.6 Å². The number of ether oxygens (including phenoxy) is 1. The Labute approximate surface area is 92.6 Å². The first-order valence-electron chi connectivity index (χ1n) is 5.20. The van der Waals surface area contributed by atoms with Crippen LogP contribution in [-0.2, 0) is 4.74 Å². The van der Waals surface area contributed by atoms with Crippen molar-refractivity contribution in [3.8, 4) is 0 Å². The second-order valence-corrected chi connectivity index (χ2v) is 3.96. The van der Waals surface area contributed by atoms with Crippen LogP contribution < -0.4 is 11.1 Å². The van der Waals surface area contributed by atoms with E-state index in [-0.39, 0.29) is 17.8 Å². The highest BCUT2D eigenvalue weighted by molar-refractivity contribution is 5.67. The maximum Gasteiger partial charge on any atom is 0.151 e. The predicted molar refractivity (Wildman–Crippen MR) is 58.2 cm³/mol. The maximum atomic E-state index is 13.2. The summed E-state index contributed by atoms with van der Waals surface area (Å²) in [5, 5.41) is 3.01. The van der Waals surface area contributed by atoms with Crippen LogP contribution in [-0.4, -0.2) is 18.8 Å². The molecule has 0 saturated carbocycles. The topological polar surface area (TPSA) is 47.3 Å². The van der Waals surface area contributed by atoms with Gasteiger partial charge in [-0.05, 0) is 19.4 Å². The quantitative estimate of drug-likeness (QED) is 0.762. The summed E-state index contributed by atoms with van der Waals surface area (Å²) in [5.41, 5.74) is 5.77. The Morgan fingerprint density at radius 2 is 2.19 bits per heavy atom. The minimum atomic E-state index is -0.742. The number of benzene rings is 1. The van der Waals surface area contributed by atoms with Gasteiger partial charge in [-0.25, -0.2) is 8.78 Å².